The predicted molar refractivity (Wildman–Crippen MR) is 67.8 cm³/mol. The second kappa shape index (κ2) is 5.66. The number of nitrogens with one attached hydrogen (secondary N) is 1. The number of hydrogen-bond acceptors (Lipinski definition) is 6. The number of hydrazone groups is 1. The van der Waals surface area contributed by atoms with Crippen molar-refractivity contribution in [3.05, 3.63) is 17.5 Å². The molecule has 1 fully saturated rings. The molecule has 0 amide bonds. The minimum absolute atomic E-state index is 0.324. The summed E-state index contributed by atoms with van der Waals surface area (Å²) in [4.78, 5) is 18.3. The van der Waals surface area contributed by atoms with E-state index in [0.717, 1.165) is 31.9 Å². The smallest absolute Gasteiger partial charge is 0.434 e. The van der Waals surface area contributed by atoms with Gasteiger partial charge in [-0.15, -0.1) is 0 Å². The molecule has 0 unspecified atom stereocenters. The van der Waals surface area contributed by atoms with Crippen LogP contribution in [0.3, 0.4) is 0 Å². The molecule has 1 aliphatic carbocycles. The third-order valence-electron chi connectivity index (χ3n) is 2.96. The highest BCUT2D eigenvalue weighted by atomic mass is 19.4. The van der Waals surface area contributed by atoms with Crippen molar-refractivity contribution in [2.24, 2.45) is 11.0 Å². The van der Waals surface area contributed by atoms with Crippen LogP contribution in [0.1, 0.15) is 35.8 Å². The van der Waals surface area contributed by atoms with Crippen molar-refractivity contribution in [2.75, 3.05) is 12.5 Å². The van der Waals surface area contributed by atoms with E-state index in [2.05, 4.69) is 25.2 Å². The molecule has 1 aromatic rings. The average Bonchev–Trinajstić information content (AvgIpc) is 3.27. The molecule has 0 spiro atoms. The molecule has 21 heavy (non-hydrogen) atoms. The van der Waals surface area contributed by atoms with Crippen LogP contribution in [0.4, 0.5) is 19.1 Å². The number of carbonyl (C=O) groups excluding carboxylic acids is 1. The number of anilines is 1. The summed E-state index contributed by atoms with van der Waals surface area (Å²) in [6.45, 7) is 1.78. The van der Waals surface area contributed by atoms with Gasteiger partial charge < -0.3 is 4.74 Å². The molecule has 1 aromatic heterocycles. The lowest BCUT2D eigenvalue weighted by atomic mass is 10.2. The van der Waals surface area contributed by atoms with E-state index < -0.39 is 23.4 Å². The number of ether oxygens (including phenoxy) is 1. The molecule has 0 aromatic carbocycles. The number of methoxy groups -OCH3 is 1. The van der Waals surface area contributed by atoms with Crippen molar-refractivity contribution in [2.45, 2.75) is 25.9 Å². The number of alkyl halides is 3. The Balaban J connectivity index is 2.28. The Hall–Kier alpha value is -2.19. The number of aromatic nitrogens is 2. The van der Waals surface area contributed by atoms with Crippen LogP contribution in [0.2, 0.25) is 0 Å². The van der Waals surface area contributed by atoms with Crippen LogP contribution in [0.25, 0.3) is 0 Å². The van der Waals surface area contributed by atoms with Crippen molar-refractivity contribution < 1.29 is 22.7 Å². The first-order chi connectivity index (χ1) is 9.82. The second-order valence-electron chi connectivity index (χ2n) is 4.58. The molecule has 1 aliphatic rings. The summed E-state index contributed by atoms with van der Waals surface area (Å²) >= 11 is 0. The highest BCUT2D eigenvalue weighted by Gasteiger charge is 2.38. The molecular formula is C12H13F3N4O2. The van der Waals surface area contributed by atoms with Crippen molar-refractivity contribution in [1.29, 1.82) is 0 Å². The molecule has 0 bridgehead atoms. The lowest BCUT2D eigenvalue weighted by Gasteiger charge is -2.11. The zero-order chi connectivity index (χ0) is 15.6. The Bertz CT molecular complexity index is 582. The zero-order valence-electron chi connectivity index (χ0n) is 11.4. The average molecular weight is 302 g/mol. The molecule has 114 valence electrons. The Labute approximate surface area is 118 Å². The molecule has 0 saturated heterocycles. The van der Waals surface area contributed by atoms with Crippen molar-refractivity contribution in [3.63, 3.8) is 0 Å². The molecular weight excluding hydrogens is 289 g/mol. The maximum Gasteiger partial charge on any atom is 0.434 e. The third-order valence-corrected chi connectivity index (χ3v) is 2.96. The molecule has 0 atom stereocenters. The van der Waals surface area contributed by atoms with Crippen molar-refractivity contribution >= 4 is 17.6 Å². The van der Waals surface area contributed by atoms with Gasteiger partial charge in [0, 0.05) is 11.9 Å². The Kier molecular flexibility index (Phi) is 4.10. The fourth-order valence-electron chi connectivity index (χ4n) is 1.64. The highest BCUT2D eigenvalue weighted by molar-refractivity contribution is 5.90. The fourth-order valence-corrected chi connectivity index (χ4v) is 1.64. The molecule has 2 rings (SSSR count). The van der Waals surface area contributed by atoms with E-state index in [1.807, 2.05) is 0 Å². The summed E-state index contributed by atoms with van der Waals surface area (Å²) < 4.78 is 43.0. The Morgan fingerprint density at radius 1 is 1.48 bits per heavy atom. The van der Waals surface area contributed by atoms with E-state index in [0.29, 0.717) is 5.92 Å². The molecule has 0 aliphatic heterocycles. The van der Waals surface area contributed by atoms with Gasteiger partial charge in [0.05, 0.1) is 7.11 Å². The number of hydrogen-bond donors (Lipinski definition) is 1. The van der Waals surface area contributed by atoms with Gasteiger partial charge in [-0.3, -0.25) is 0 Å². The topological polar surface area (TPSA) is 76.5 Å². The van der Waals surface area contributed by atoms with Gasteiger partial charge in [-0.25, -0.2) is 20.2 Å². The van der Waals surface area contributed by atoms with Crippen LogP contribution in [0.5, 0.6) is 0 Å². The normalized spacial score (nSPS) is 15.8. The van der Waals surface area contributed by atoms with Gasteiger partial charge in [0.25, 0.3) is 0 Å². The van der Waals surface area contributed by atoms with Crippen molar-refractivity contribution in [3.8, 4) is 0 Å². The molecule has 0 radical (unpaired) electrons. The van der Waals surface area contributed by atoms with Gasteiger partial charge in [-0.2, -0.15) is 18.3 Å². The van der Waals surface area contributed by atoms with Crippen molar-refractivity contribution in [1.82, 2.24) is 9.97 Å². The monoisotopic (exact) mass is 302 g/mol. The van der Waals surface area contributed by atoms with Crippen LogP contribution < -0.4 is 5.43 Å². The Morgan fingerprint density at radius 3 is 2.67 bits per heavy atom. The van der Waals surface area contributed by atoms with E-state index in [9.17, 15) is 18.0 Å². The van der Waals surface area contributed by atoms with Gasteiger partial charge in [-0.05, 0) is 25.7 Å². The number of carbonyl (C=O) groups is 1. The van der Waals surface area contributed by atoms with Crippen LogP contribution in [0, 0.1) is 5.92 Å². The Morgan fingerprint density at radius 2 is 2.14 bits per heavy atom. The summed E-state index contributed by atoms with van der Waals surface area (Å²) in [6.07, 6.45) is -1.98. The lowest BCUT2D eigenvalue weighted by Crippen LogP contribution is -2.18. The van der Waals surface area contributed by atoms with Gasteiger partial charge in [0.1, 0.15) is 5.56 Å². The molecule has 1 saturated carbocycles. The second-order valence-corrected chi connectivity index (χ2v) is 4.58. The predicted octanol–water partition coefficient (Wildman–Crippen LogP) is 2.48. The van der Waals surface area contributed by atoms with E-state index >= 15 is 0 Å². The maximum atomic E-state index is 12.9. The summed E-state index contributed by atoms with van der Waals surface area (Å²) in [5.41, 5.74) is 1.06. The molecule has 1 N–H and O–H groups in total. The number of rotatable bonds is 4. The van der Waals surface area contributed by atoms with Gasteiger partial charge in [-0.1, -0.05) is 0 Å². The van der Waals surface area contributed by atoms with Crippen LogP contribution in [-0.2, 0) is 10.9 Å². The SMILES string of the molecule is COC(=O)c1cnc(N/N=C(/C)C2CC2)nc1C(F)(F)F. The molecule has 1 heterocycles. The minimum Gasteiger partial charge on any atom is -0.465 e. The van der Waals surface area contributed by atoms with Gasteiger partial charge in [0.15, 0.2) is 5.69 Å². The zero-order valence-corrected chi connectivity index (χ0v) is 11.4. The van der Waals surface area contributed by atoms with Crippen LogP contribution >= 0.6 is 0 Å². The number of halogens is 3. The molecule has 9 heteroatoms. The third kappa shape index (κ3) is 3.67. The minimum atomic E-state index is -4.79. The highest BCUT2D eigenvalue weighted by Crippen LogP contribution is 2.32. The van der Waals surface area contributed by atoms with Gasteiger partial charge in [0.2, 0.25) is 5.95 Å². The van der Waals surface area contributed by atoms with E-state index in [1.54, 1.807) is 6.92 Å². The maximum absolute atomic E-state index is 12.9. The number of esters is 1. The van der Waals surface area contributed by atoms with Crippen LogP contribution in [0.15, 0.2) is 11.3 Å². The first-order valence-electron chi connectivity index (χ1n) is 6.15. The summed E-state index contributed by atoms with van der Waals surface area (Å²) in [7, 11) is 0.984. The quantitative estimate of drug-likeness (QED) is 0.525. The van der Waals surface area contributed by atoms with E-state index in [1.165, 1.54) is 0 Å². The fraction of sp³-hybridized carbons (Fsp3) is 0.500. The van der Waals surface area contributed by atoms with Crippen LogP contribution in [-0.4, -0.2) is 28.8 Å². The lowest BCUT2D eigenvalue weighted by molar-refractivity contribution is -0.141. The largest absolute Gasteiger partial charge is 0.465 e. The summed E-state index contributed by atoms with van der Waals surface area (Å²) in [5.74, 6) is -1.10. The first kappa shape index (κ1) is 15.2. The van der Waals surface area contributed by atoms with E-state index in [4.69, 9.17) is 0 Å². The molecule has 6 nitrogen and oxygen atoms in total. The number of nitrogens with zero attached hydrogens (tertiary/aromatic N) is 3. The summed E-state index contributed by atoms with van der Waals surface area (Å²) in [6, 6.07) is 0. The standard InChI is InChI=1S/C12H13F3N4O2/c1-6(7-3-4-7)18-19-11-16-5-8(10(20)21-2)9(17-11)12(13,14)15/h5,7H,3-4H2,1-2H3,(H,16,17,19)/b18-6-. The first-order valence-corrected chi connectivity index (χ1v) is 6.15. The van der Waals surface area contributed by atoms with Gasteiger partial charge >= 0.3 is 12.1 Å². The summed E-state index contributed by atoms with van der Waals surface area (Å²) in [5, 5.41) is 3.93. The van der Waals surface area contributed by atoms with E-state index in [-0.39, 0.29) is 5.95 Å².